The Bertz CT molecular complexity index is 727. The first-order valence-electron chi connectivity index (χ1n) is 6.19. The van der Waals surface area contributed by atoms with Crippen LogP contribution in [-0.2, 0) is 12.7 Å². The molecule has 21 heavy (non-hydrogen) atoms. The maximum atomic E-state index is 12.9. The molecule has 0 aliphatic rings. The number of hydrogen-bond acceptors (Lipinski definition) is 3. The molecule has 1 heterocycles. The van der Waals surface area contributed by atoms with Crippen LogP contribution in [0.3, 0.4) is 0 Å². The molecule has 0 radical (unpaired) electrons. The largest absolute Gasteiger partial charge is 0.418 e. The Kier molecular flexibility index (Phi) is 4.25. The van der Waals surface area contributed by atoms with Gasteiger partial charge in [0.15, 0.2) is 0 Å². The van der Waals surface area contributed by atoms with Crippen LogP contribution in [0, 0.1) is 0 Å². The van der Waals surface area contributed by atoms with E-state index in [1.807, 2.05) is 6.92 Å². The number of likely N-dealkylation sites (N-methyl/N-ethyl adjacent to an activating group) is 1. The van der Waals surface area contributed by atoms with Gasteiger partial charge in [0.1, 0.15) is 0 Å². The van der Waals surface area contributed by atoms with Crippen molar-refractivity contribution in [2.75, 3.05) is 7.05 Å². The minimum Gasteiger partial charge on any atom is -0.315 e. The highest BCUT2D eigenvalue weighted by molar-refractivity contribution is 6.28. The van der Waals surface area contributed by atoms with Crippen LogP contribution in [0.25, 0.3) is 10.9 Å². The lowest BCUT2D eigenvalue weighted by atomic mass is 10.1. The Balaban J connectivity index is 2.72. The summed E-state index contributed by atoms with van der Waals surface area (Å²) in [5.74, 6) is 0. The van der Waals surface area contributed by atoms with Gasteiger partial charge in [-0.1, -0.05) is 6.07 Å². The number of nitrogens with zero attached hydrogens (tertiary/aromatic N) is 2. The number of aromatic nitrogens is 2. The molecule has 0 aliphatic carbocycles. The summed E-state index contributed by atoms with van der Waals surface area (Å²) in [4.78, 5) is 16.1. The van der Waals surface area contributed by atoms with Crippen LogP contribution in [-0.4, -0.2) is 22.6 Å². The van der Waals surface area contributed by atoms with E-state index in [4.69, 9.17) is 11.6 Å². The standard InChI is InChI=1S/C13H13ClF3N3O/c1-7(18-2)6-20-11(21)8-4-3-5-9(13(15,16)17)10(8)19-12(20)14/h3-5,7,18H,6H2,1-2H3. The molecule has 1 aromatic carbocycles. The SMILES string of the molecule is CNC(C)Cn1c(Cl)nc2c(C(F)(F)F)cccc2c1=O. The lowest BCUT2D eigenvalue weighted by Crippen LogP contribution is -2.33. The van der Waals surface area contributed by atoms with Crippen molar-refractivity contribution in [2.24, 2.45) is 0 Å². The molecule has 0 saturated carbocycles. The average Bonchev–Trinajstić information content (AvgIpc) is 2.41. The molecule has 1 N–H and O–H groups in total. The van der Waals surface area contributed by atoms with Crippen LogP contribution in [0.2, 0.25) is 5.28 Å². The van der Waals surface area contributed by atoms with Gasteiger partial charge in [-0.2, -0.15) is 13.2 Å². The number of hydrogen-bond donors (Lipinski definition) is 1. The number of para-hydroxylation sites is 1. The van der Waals surface area contributed by atoms with Crippen LogP contribution < -0.4 is 10.9 Å². The molecule has 0 fully saturated rings. The molecular formula is C13H13ClF3N3O. The Labute approximate surface area is 123 Å². The van der Waals surface area contributed by atoms with Crippen LogP contribution in [0.15, 0.2) is 23.0 Å². The summed E-state index contributed by atoms with van der Waals surface area (Å²) in [7, 11) is 1.71. The molecule has 2 rings (SSSR count). The topological polar surface area (TPSA) is 46.9 Å². The average molecular weight is 320 g/mol. The van der Waals surface area contributed by atoms with Gasteiger partial charge >= 0.3 is 6.18 Å². The van der Waals surface area contributed by atoms with Crippen molar-refractivity contribution in [3.8, 4) is 0 Å². The fourth-order valence-corrected chi connectivity index (χ4v) is 2.20. The highest BCUT2D eigenvalue weighted by atomic mass is 35.5. The molecule has 1 aromatic heterocycles. The molecular weight excluding hydrogens is 307 g/mol. The van der Waals surface area contributed by atoms with Gasteiger partial charge in [0.05, 0.1) is 16.5 Å². The van der Waals surface area contributed by atoms with Gasteiger partial charge in [0.2, 0.25) is 5.28 Å². The van der Waals surface area contributed by atoms with Gasteiger partial charge in [0, 0.05) is 12.6 Å². The van der Waals surface area contributed by atoms with Crippen molar-refractivity contribution >= 4 is 22.5 Å². The van der Waals surface area contributed by atoms with Crippen molar-refractivity contribution in [3.05, 3.63) is 39.4 Å². The van der Waals surface area contributed by atoms with Gasteiger partial charge < -0.3 is 5.32 Å². The summed E-state index contributed by atoms with van der Waals surface area (Å²) in [6.07, 6.45) is -4.59. The molecule has 8 heteroatoms. The van der Waals surface area contributed by atoms with Gasteiger partial charge in [-0.15, -0.1) is 0 Å². The van der Waals surface area contributed by atoms with Crippen LogP contribution in [0.1, 0.15) is 12.5 Å². The second-order valence-electron chi connectivity index (χ2n) is 4.69. The minimum atomic E-state index is -4.59. The Morgan fingerprint density at radius 2 is 2.10 bits per heavy atom. The van der Waals surface area contributed by atoms with Crippen molar-refractivity contribution in [3.63, 3.8) is 0 Å². The summed E-state index contributed by atoms with van der Waals surface area (Å²) in [6.45, 7) is 2.03. The lowest BCUT2D eigenvalue weighted by Gasteiger charge is -2.15. The van der Waals surface area contributed by atoms with Crippen LogP contribution in [0.4, 0.5) is 13.2 Å². The minimum absolute atomic E-state index is 0.0785. The first-order chi connectivity index (χ1) is 9.75. The first-order valence-corrected chi connectivity index (χ1v) is 6.57. The highest BCUT2D eigenvalue weighted by Gasteiger charge is 2.34. The molecule has 0 amide bonds. The Hall–Kier alpha value is -1.60. The fraction of sp³-hybridized carbons (Fsp3) is 0.385. The van der Waals surface area contributed by atoms with E-state index in [0.717, 1.165) is 10.6 Å². The molecule has 0 saturated heterocycles. The maximum Gasteiger partial charge on any atom is 0.418 e. The van der Waals surface area contributed by atoms with E-state index in [0.29, 0.717) is 0 Å². The smallest absolute Gasteiger partial charge is 0.315 e. The van der Waals surface area contributed by atoms with Gasteiger partial charge in [-0.25, -0.2) is 4.98 Å². The third kappa shape index (κ3) is 3.03. The van der Waals surface area contributed by atoms with Crippen molar-refractivity contribution in [2.45, 2.75) is 25.7 Å². The van der Waals surface area contributed by atoms with E-state index in [1.54, 1.807) is 7.05 Å². The molecule has 0 aliphatic heterocycles. The first kappa shape index (κ1) is 15.8. The molecule has 1 unspecified atom stereocenters. The maximum absolute atomic E-state index is 12.9. The van der Waals surface area contributed by atoms with E-state index in [1.165, 1.54) is 12.1 Å². The van der Waals surface area contributed by atoms with Crippen LogP contribution in [0.5, 0.6) is 0 Å². The van der Waals surface area contributed by atoms with E-state index in [2.05, 4.69) is 10.3 Å². The second-order valence-corrected chi connectivity index (χ2v) is 5.02. The number of halogens is 4. The van der Waals surface area contributed by atoms with Gasteiger partial charge in [0.25, 0.3) is 5.56 Å². The molecule has 0 bridgehead atoms. The third-order valence-electron chi connectivity index (χ3n) is 3.19. The molecule has 0 spiro atoms. The number of nitrogens with one attached hydrogen (secondary N) is 1. The normalized spacial score (nSPS) is 13.6. The number of benzene rings is 1. The van der Waals surface area contributed by atoms with Gasteiger partial charge in [-0.3, -0.25) is 9.36 Å². The number of rotatable bonds is 3. The van der Waals surface area contributed by atoms with Crippen molar-refractivity contribution in [1.29, 1.82) is 0 Å². The van der Waals surface area contributed by atoms with Gasteiger partial charge in [-0.05, 0) is 37.7 Å². The molecule has 114 valence electrons. The van der Waals surface area contributed by atoms with Crippen molar-refractivity contribution in [1.82, 2.24) is 14.9 Å². The van der Waals surface area contributed by atoms with Crippen molar-refractivity contribution < 1.29 is 13.2 Å². The monoisotopic (exact) mass is 319 g/mol. The Morgan fingerprint density at radius 1 is 1.43 bits per heavy atom. The summed E-state index contributed by atoms with van der Waals surface area (Å²) in [6, 6.07) is 3.31. The zero-order chi connectivity index (χ0) is 15.8. The summed E-state index contributed by atoms with van der Waals surface area (Å²) >= 11 is 5.89. The molecule has 4 nitrogen and oxygen atoms in total. The molecule has 2 aromatic rings. The fourth-order valence-electron chi connectivity index (χ4n) is 1.97. The zero-order valence-corrected chi connectivity index (χ0v) is 12.1. The predicted octanol–water partition coefficient (Wildman–Crippen LogP) is 2.68. The summed E-state index contributed by atoms with van der Waals surface area (Å²) in [5, 5.41) is 2.57. The number of fused-ring (bicyclic) bond motifs is 1. The van der Waals surface area contributed by atoms with E-state index < -0.39 is 22.8 Å². The highest BCUT2D eigenvalue weighted by Crippen LogP contribution is 2.33. The second kappa shape index (κ2) is 5.65. The number of alkyl halides is 3. The van der Waals surface area contributed by atoms with E-state index in [-0.39, 0.29) is 23.3 Å². The van der Waals surface area contributed by atoms with E-state index >= 15 is 0 Å². The Morgan fingerprint density at radius 3 is 2.67 bits per heavy atom. The molecule has 1 atom stereocenters. The lowest BCUT2D eigenvalue weighted by molar-refractivity contribution is -0.136. The quantitative estimate of drug-likeness (QED) is 0.885. The summed E-state index contributed by atoms with van der Waals surface area (Å²) in [5.41, 5.74) is -1.97. The zero-order valence-electron chi connectivity index (χ0n) is 11.3. The summed E-state index contributed by atoms with van der Waals surface area (Å²) < 4.78 is 40.0. The van der Waals surface area contributed by atoms with E-state index in [9.17, 15) is 18.0 Å². The van der Waals surface area contributed by atoms with Crippen LogP contribution >= 0.6 is 11.6 Å². The third-order valence-corrected chi connectivity index (χ3v) is 3.48. The predicted molar refractivity (Wildman–Crippen MR) is 74.5 cm³/mol.